The van der Waals surface area contributed by atoms with Crippen LogP contribution in [0.1, 0.15) is 52.4 Å². The number of carbonyl (C=O) groups is 2. The van der Waals surface area contributed by atoms with Crippen LogP contribution in [0.5, 0.6) is 0 Å². The van der Waals surface area contributed by atoms with Gasteiger partial charge in [0.2, 0.25) is 0 Å². The summed E-state index contributed by atoms with van der Waals surface area (Å²) in [5.41, 5.74) is 0. The second-order valence-electron chi connectivity index (χ2n) is 5.59. The zero-order valence-corrected chi connectivity index (χ0v) is 11.9. The zero-order valence-electron chi connectivity index (χ0n) is 11.9. The first-order valence-corrected chi connectivity index (χ1v) is 7.56. The molecule has 2 fully saturated rings. The van der Waals surface area contributed by atoms with Gasteiger partial charge in [0.1, 0.15) is 12.0 Å². The molecule has 1 saturated carbocycles. The van der Waals surface area contributed by atoms with Crippen LogP contribution in [0.15, 0.2) is 0 Å². The fourth-order valence-corrected chi connectivity index (χ4v) is 3.48. The van der Waals surface area contributed by atoms with Gasteiger partial charge in [0, 0.05) is 0 Å². The van der Waals surface area contributed by atoms with Crippen LogP contribution in [0.2, 0.25) is 0 Å². The van der Waals surface area contributed by atoms with Crippen molar-refractivity contribution in [2.24, 2.45) is 17.8 Å². The van der Waals surface area contributed by atoms with E-state index in [-0.39, 0.29) is 29.9 Å². The van der Waals surface area contributed by atoms with Crippen LogP contribution in [0.25, 0.3) is 0 Å². The lowest BCUT2D eigenvalue weighted by molar-refractivity contribution is -0.152. The Morgan fingerprint density at radius 2 is 1.95 bits per heavy atom. The molecule has 1 saturated heterocycles. The summed E-state index contributed by atoms with van der Waals surface area (Å²) in [4.78, 5) is 24.1. The smallest absolute Gasteiger partial charge is 0.313 e. The van der Waals surface area contributed by atoms with E-state index in [9.17, 15) is 9.59 Å². The van der Waals surface area contributed by atoms with Crippen molar-refractivity contribution < 1.29 is 19.1 Å². The quantitative estimate of drug-likeness (QED) is 0.736. The third-order valence-corrected chi connectivity index (χ3v) is 4.46. The Balaban J connectivity index is 2.14. The van der Waals surface area contributed by atoms with Crippen molar-refractivity contribution >= 4 is 11.9 Å². The zero-order chi connectivity index (χ0) is 13.8. The number of carbonyl (C=O) groups excluding carboxylic acids is 2. The number of ether oxygens (including phenoxy) is 2. The molecule has 0 radical (unpaired) electrons. The second-order valence-corrected chi connectivity index (χ2v) is 5.59. The van der Waals surface area contributed by atoms with E-state index in [0.29, 0.717) is 18.9 Å². The summed E-state index contributed by atoms with van der Waals surface area (Å²) in [6, 6.07) is 0. The van der Waals surface area contributed by atoms with E-state index < -0.39 is 0 Å². The molecule has 0 spiro atoms. The molecule has 2 rings (SSSR count). The number of hydrogen-bond acceptors (Lipinski definition) is 4. The SMILES string of the molecule is CCOC(=O)[C@@H]1[C@H](CC)C(=O)O[C@@H]1C1CCCCC1. The molecule has 108 valence electrons. The Kier molecular flexibility index (Phi) is 4.83. The molecule has 0 bridgehead atoms. The maximum Gasteiger partial charge on any atom is 0.313 e. The Morgan fingerprint density at radius 1 is 1.26 bits per heavy atom. The second kappa shape index (κ2) is 6.40. The monoisotopic (exact) mass is 268 g/mol. The van der Waals surface area contributed by atoms with Crippen LogP contribution >= 0.6 is 0 Å². The number of hydrogen-bond donors (Lipinski definition) is 0. The predicted octanol–water partition coefficient (Wildman–Crippen LogP) is 2.70. The first kappa shape index (κ1) is 14.4. The lowest BCUT2D eigenvalue weighted by atomic mass is 9.77. The van der Waals surface area contributed by atoms with E-state index in [4.69, 9.17) is 9.47 Å². The summed E-state index contributed by atoms with van der Waals surface area (Å²) in [6.07, 6.45) is 6.10. The van der Waals surface area contributed by atoms with Crippen LogP contribution < -0.4 is 0 Å². The maximum atomic E-state index is 12.2. The van der Waals surface area contributed by atoms with Gasteiger partial charge >= 0.3 is 11.9 Å². The highest BCUT2D eigenvalue weighted by Crippen LogP contribution is 2.40. The molecule has 3 atom stereocenters. The van der Waals surface area contributed by atoms with Crippen molar-refractivity contribution in [1.29, 1.82) is 0 Å². The van der Waals surface area contributed by atoms with Gasteiger partial charge in [-0.3, -0.25) is 9.59 Å². The number of cyclic esters (lactones) is 1. The van der Waals surface area contributed by atoms with Gasteiger partial charge in [-0.2, -0.15) is 0 Å². The average Bonchev–Trinajstić information content (AvgIpc) is 2.77. The number of esters is 2. The van der Waals surface area contributed by atoms with Crippen LogP contribution in [0, 0.1) is 17.8 Å². The fourth-order valence-electron chi connectivity index (χ4n) is 3.48. The van der Waals surface area contributed by atoms with Gasteiger partial charge in [0.25, 0.3) is 0 Å². The fraction of sp³-hybridized carbons (Fsp3) is 0.867. The van der Waals surface area contributed by atoms with Crippen molar-refractivity contribution in [3.05, 3.63) is 0 Å². The first-order chi connectivity index (χ1) is 9.19. The topological polar surface area (TPSA) is 52.6 Å². The van der Waals surface area contributed by atoms with Crippen molar-refractivity contribution in [2.75, 3.05) is 6.61 Å². The van der Waals surface area contributed by atoms with E-state index in [1.807, 2.05) is 6.92 Å². The van der Waals surface area contributed by atoms with Crippen molar-refractivity contribution in [1.82, 2.24) is 0 Å². The molecule has 1 aliphatic carbocycles. The highest BCUT2D eigenvalue weighted by atomic mass is 16.6. The van der Waals surface area contributed by atoms with Crippen molar-refractivity contribution in [2.45, 2.75) is 58.5 Å². The lowest BCUT2D eigenvalue weighted by Crippen LogP contribution is -2.36. The standard InChI is InChI=1S/C15H24O4/c1-3-11-12(15(17)18-4-2)13(19-14(11)16)10-8-6-5-7-9-10/h10-13H,3-9H2,1-2H3/t11-,12+,13+/m0/s1. The van der Waals surface area contributed by atoms with Crippen LogP contribution in [0.4, 0.5) is 0 Å². The molecule has 1 aliphatic heterocycles. The van der Waals surface area contributed by atoms with Crippen LogP contribution in [0.3, 0.4) is 0 Å². The highest BCUT2D eigenvalue weighted by Gasteiger charge is 2.51. The molecule has 0 aromatic carbocycles. The van der Waals surface area contributed by atoms with Gasteiger partial charge in [-0.25, -0.2) is 0 Å². The van der Waals surface area contributed by atoms with E-state index in [0.717, 1.165) is 12.8 Å². The summed E-state index contributed by atoms with van der Waals surface area (Å²) in [7, 11) is 0. The van der Waals surface area contributed by atoms with Gasteiger partial charge in [0.05, 0.1) is 12.5 Å². The Hall–Kier alpha value is -1.06. The van der Waals surface area contributed by atoms with Crippen molar-refractivity contribution in [3.63, 3.8) is 0 Å². The number of rotatable bonds is 4. The van der Waals surface area contributed by atoms with Gasteiger partial charge < -0.3 is 9.47 Å². The summed E-state index contributed by atoms with van der Waals surface area (Å²) >= 11 is 0. The third kappa shape index (κ3) is 2.93. The molecular weight excluding hydrogens is 244 g/mol. The minimum atomic E-state index is -0.388. The Labute approximate surface area is 114 Å². The lowest BCUT2D eigenvalue weighted by Gasteiger charge is -2.29. The molecule has 0 unspecified atom stereocenters. The van der Waals surface area contributed by atoms with E-state index in [1.54, 1.807) is 6.92 Å². The summed E-state index contributed by atoms with van der Waals surface area (Å²) in [6.45, 7) is 4.09. The van der Waals surface area contributed by atoms with E-state index >= 15 is 0 Å². The molecule has 19 heavy (non-hydrogen) atoms. The molecule has 0 amide bonds. The first-order valence-electron chi connectivity index (χ1n) is 7.56. The van der Waals surface area contributed by atoms with Gasteiger partial charge in [-0.15, -0.1) is 0 Å². The van der Waals surface area contributed by atoms with Crippen LogP contribution in [-0.4, -0.2) is 24.6 Å². The minimum absolute atomic E-state index is 0.212. The molecule has 2 aliphatic rings. The molecule has 4 nitrogen and oxygen atoms in total. The van der Waals surface area contributed by atoms with E-state index in [1.165, 1.54) is 19.3 Å². The molecule has 1 heterocycles. The minimum Gasteiger partial charge on any atom is -0.466 e. The molecular formula is C15H24O4. The Morgan fingerprint density at radius 3 is 2.53 bits per heavy atom. The normalized spacial score (nSPS) is 32.1. The largest absolute Gasteiger partial charge is 0.466 e. The van der Waals surface area contributed by atoms with Crippen molar-refractivity contribution in [3.8, 4) is 0 Å². The van der Waals surface area contributed by atoms with Gasteiger partial charge in [-0.1, -0.05) is 26.2 Å². The summed E-state index contributed by atoms with van der Waals surface area (Å²) in [5.74, 6) is -0.831. The predicted molar refractivity (Wildman–Crippen MR) is 70.4 cm³/mol. The van der Waals surface area contributed by atoms with Crippen LogP contribution in [-0.2, 0) is 19.1 Å². The van der Waals surface area contributed by atoms with Gasteiger partial charge in [-0.05, 0) is 32.1 Å². The maximum absolute atomic E-state index is 12.2. The average molecular weight is 268 g/mol. The summed E-state index contributed by atoms with van der Waals surface area (Å²) in [5, 5.41) is 0. The summed E-state index contributed by atoms with van der Waals surface area (Å²) < 4.78 is 10.7. The van der Waals surface area contributed by atoms with Gasteiger partial charge in [0.15, 0.2) is 0 Å². The molecule has 0 N–H and O–H groups in total. The molecule has 4 heteroatoms. The van der Waals surface area contributed by atoms with E-state index in [2.05, 4.69) is 0 Å². The Bertz CT molecular complexity index is 333. The molecule has 0 aromatic heterocycles. The highest BCUT2D eigenvalue weighted by molar-refractivity contribution is 5.85. The third-order valence-electron chi connectivity index (χ3n) is 4.46. The molecule has 0 aromatic rings.